The summed E-state index contributed by atoms with van der Waals surface area (Å²) in [5, 5.41) is 6.94. The van der Waals surface area contributed by atoms with Crippen LogP contribution >= 0.6 is 12.4 Å². The van der Waals surface area contributed by atoms with E-state index in [0.717, 1.165) is 19.4 Å². The number of carbonyl (C=O) groups is 1. The van der Waals surface area contributed by atoms with Crippen molar-refractivity contribution in [3.63, 3.8) is 0 Å². The summed E-state index contributed by atoms with van der Waals surface area (Å²) in [7, 11) is 1.81. The SMILES string of the molecule is Cl.Cn1cc(NC(=O)C2(N)C3CCCOC3C2(C)C)cn1. The van der Waals surface area contributed by atoms with Crippen LogP contribution in [0.2, 0.25) is 0 Å². The highest BCUT2D eigenvalue weighted by Crippen LogP contribution is 2.57. The van der Waals surface area contributed by atoms with E-state index in [9.17, 15) is 4.79 Å². The normalized spacial score (nSPS) is 33.3. The van der Waals surface area contributed by atoms with Crippen LogP contribution in [0.25, 0.3) is 0 Å². The third-order valence-electron chi connectivity index (χ3n) is 5.02. The molecule has 21 heavy (non-hydrogen) atoms. The van der Waals surface area contributed by atoms with Crippen LogP contribution in [0.5, 0.6) is 0 Å². The molecule has 3 atom stereocenters. The fourth-order valence-electron chi connectivity index (χ4n) is 3.76. The number of ether oxygens (including phenoxy) is 1. The molecule has 1 aromatic rings. The van der Waals surface area contributed by atoms with Crippen LogP contribution in [-0.2, 0) is 16.6 Å². The zero-order chi connectivity index (χ0) is 14.5. The molecule has 3 N–H and O–H groups in total. The molecule has 2 heterocycles. The van der Waals surface area contributed by atoms with E-state index in [4.69, 9.17) is 10.5 Å². The van der Waals surface area contributed by atoms with Crippen molar-refractivity contribution < 1.29 is 9.53 Å². The van der Waals surface area contributed by atoms with Crippen molar-refractivity contribution in [1.82, 2.24) is 9.78 Å². The lowest BCUT2D eigenvalue weighted by Crippen LogP contribution is -2.81. The van der Waals surface area contributed by atoms with Crippen LogP contribution in [0, 0.1) is 11.3 Å². The lowest BCUT2D eigenvalue weighted by atomic mass is 9.46. The lowest BCUT2D eigenvalue weighted by molar-refractivity contribution is -0.222. The average molecular weight is 315 g/mol. The number of aryl methyl sites for hydroxylation is 1. The molecule has 0 bridgehead atoms. The number of nitrogens with two attached hydrogens (primary N) is 1. The monoisotopic (exact) mass is 314 g/mol. The molecular formula is C14H23ClN4O2. The zero-order valence-corrected chi connectivity index (χ0v) is 13.4. The van der Waals surface area contributed by atoms with Crippen molar-refractivity contribution >= 4 is 24.0 Å². The van der Waals surface area contributed by atoms with Crippen molar-refractivity contribution in [2.45, 2.75) is 38.3 Å². The van der Waals surface area contributed by atoms with Gasteiger partial charge in [-0.25, -0.2) is 0 Å². The summed E-state index contributed by atoms with van der Waals surface area (Å²) in [5.74, 6) is -0.0369. The van der Waals surface area contributed by atoms with Crippen LogP contribution in [0.1, 0.15) is 26.7 Å². The molecule has 0 radical (unpaired) electrons. The highest BCUT2D eigenvalue weighted by Gasteiger charge is 2.70. The summed E-state index contributed by atoms with van der Waals surface area (Å²) >= 11 is 0. The minimum atomic E-state index is -0.881. The van der Waals surface area contributed by atoms with Crippen LogP contribution in [0.15, 0.2) is 12.4 Å². The average Bonchev–Trinajstić information content (AvgIpc) is 2.83. The molecule has 118 valence electrons. The fourth-order valence-corrected chi connectivity index (χ4v) is 3.76. The number of fused-ring (bicyclic) bond motifs is 1. The quantitative estimate of drug-likeness (QED) is 0.862. The number of hydrogen-bond donors (Lipinski definition) is 2. The first-order valence-electron chi connectivity index (χ1n) is 7.08. The minimum absolute atomic E-state index is 0. The van der Waals surface area contributed by atoms with Gasteiger partial charge in [0.1, 0.15) is 5.54 Å². The second-order valence-electron chi connectivity index (χ2n) is 6.49. The van der Waals surface area contributed by atoms with Gasteiger partial charge in [-0.15, -0.1) is 12.4 Å². The molecule has 0 spiro atoms. The molecule has 1 aromatic heterocycles. The van der Waals surface area contributed by atoms with E-state index in [0.29, 0.717) is 5.69 Å². The second-order valence-corrected chi connectivity index (χ2v) is 6.49. The van der Waals surface area contributed by atoms with E-state index in [1.54, 1.807) is 17.1 Å². The summed E-state index contributed by atoms with van der Waals surface area (Å²) in [6.07, 6.45) is 5.39. The van der Waals surface area contributed by atoms with Gasteiger partial charge in [-0.1, -0.05) is 13.8 Å². The third-order valence-corrected chi connectivity index (χ3v) is 5.02. The Kier molecular flexibility index (Phi) is 4.08. The summed E-state index contributed by atoms with van der Waals surface area (Å²) in [6.45, 7) is 4.80. The number of halogens is 1. The Morgan fingerprint density at radius 1 is 1.57 bits per heavy atom. The van der Waals surface area contributed by atoms with Crippen LogP contribution in [0.3, 0.4) is 0 Å². The van der Waals surface area contributed by atoms with Crippen molar-refractivity contribution in [1.29, 1.82) is 0 Å². The minimum Gasteiger partial charge on any atom is -0.377 e. The summed E-state index contributed by atoms with van der Waals surface area (Å²) in [4.78, 5) is 12.7. The molecule has 7 heteroatoms. The Bertz CT molecular complexity index is 545. The maximum Gasteiger partial charge on any atom is 0.245 e. The molecule has 3 rings (SSSR count). The molecule has 1 saturated carbocycles. The Labute approximate surface area is 130 Å². The first kappa shape index (κ1) is 16.3. The predicted molar refractivity (Wildman–Crippen MR) is 82.2 cm³/mol. The van der Waals surface area contributed by atoms with Gasteiger partial charge in [0.15, 0.2) is 0 Å². The van der Waals surface area contributed by atoms with E-state index in [1.165, 1.54) is 0 Å². The summed E-state index contributed by atoms with van der Waals surface area (Å²) in [5.41, 5.74) is 5.96. The molecule has 1 aliphatic carbocycles. The highest BCUT2D eigenvalue weighted by molar-refractivity contribution is 6.00. The standard InChI is InChI=1S/C14H22N4O2.ClH/c1-13(2)11-10(5-4-6-20-11)14(13,15)12(19)17-9-7-16-18(3)8-9;/h7-8,10-11H,4-6,15H2,1-3H3,(H,17,19);1H. The van der Waals surface area contributed by atoms with Gasteiger partial charge >= 0.3 is 0 Å². The van der Waals surface area contributed by atoms with E-state index >= 15 is 0 Å². The van der Waals surface area contributed by atoms with Crippen LogP contribution in [-0.4, -0.2) is 33.9 Å². The molecule has 1 amide bonds. The Hall–Kier alpha value is -1.11. The molecule has 2 aliphatic rings. The van der Waals surface area contributed by atoms with Gasteiger partial charge < -0.3 is 15.8 Å². The van der Waals surface area contributed by atoms with Gasteiger partial charge in [0.25, 0.3) is 0 Å². The van der Waals surface area contributed by atoms with Crippen molar-refractivity contribution in [3.05, 3.63) is 12.4 Å². The van der Waals surface area contributed by atoms with Gasteiger partial charge in [-0.2, -0.15) is 5.10 Å². The summed E-state index contributed by atoms with van der Waals surface area (Å²) in [6, 6.07) is 0. The Morgan fingerprint density at radius 3 is 2.90 bits per heavy atom. The van der Waals surface area contributed by atoms with Gasteiger partial charge in [0, 0.05) is 31.2 Å². The van der Waals surface area contributed by atoms with E-state index in [-0.39, 0.29) is 35.8 Å². The first-order valence-corrected chi connectivity index (χ1v) is 7.08. The fraction of sp³-hybridized carbons (Fsp3) is 0.714. The van der Waals surface area contributed by atoms with Crippen molar-refractivity contribution in [2.75, 3.05) is 11.9 Å². The maximum atomic E-state index is 12.7. The van der Waals surface area contributed by atoms with Crippen molar-refractivity contribution in [3.8, 4) is 0 Å². The number of nitrogens with one attached hydrogen (secondary N) is 1. The van der Waals surface area contributed by atoms with Gasteiger partial charge in [0.2, 0.25) is 5.91 Å². The van der Waals surface area contributed by atoms with E-state index in [2.05, 4.69) is 10.4 Å². The van der Waals surface area contributed by atoms with Crippen LogP contribution < -0.4 is 11.1 Å². The molecule has 0 aromatic carbocycles. The Balaban J connectivity index is 0.00000161. The molecule has 2 fully saturated rings. The number of rotatable bonds is 2. The van der Waals surface area contributed by atoms with Crippen molar-refractivity contribution in [2.24, 2.45) is 24.1 Å². The van der Waals surface area contributed by atoms with Gasteiger partial charge in [-0.3, -0.25) is 9.48 Å². The number of aromatic nitrogens is 2. The Morgan fingerprint density at radius 2 is 2.29 bits per heavy atom. The number of nitrogens with zero attached hydrogens (tertiary/aromatic N) is 2. The number of hydrogen-bond acceptors (Lipinski definition) is 4. The third kappa shape index (κ3) is 2.17. The number of amides is 1. The smallest absolute Gasteiger partial charge is 0.245 e. The molecule has 3 unspecified atom stereocenters. The lowest BCUT2D eigenvalue weighted by Gasteiger charge is -2.65. The number of anilines is 1. The second kappa shape index (κ2) is 5.26. The summed E-state index contributed by atoms with van der Waals surface area (Å²) < 4.78 is 7.47. The largest absolute Gasteiger partial charge is 0.377 e. The van der Waals surface area contributed by atoms with E-state index in [1.807, 2.05) is 20.9 Å². The van der Waals surface area contributed by atoms with Gasteiger partial charge in [0.05, 0.1) is 18.0 Å². The molecule has 6 nitrogen and oxygen atoms in total. The highest BCUT2D eigenvalue weighted by atomic mass is 35.5. The predicted octanol–water partition coefficient (Wildman–Crippen LogP) is 1.31. The molecule has 1 aliphatic heterocycles. The number of carbonyl (C=O) groups excluding carboxylic acids is 1. The van der Waals surface area contributed by atoms with E-state index < -0.39 is 5.54 Å². The maximum absolute atomic E-state index is 12.7. The van der Waals surface area contributed by atoms with Crippen LogP contribution in [0.4, 0.5) is 5.69 Å². The van der Waals surface area contributed by atoms with Gasteiger partial charge in [-0.05, 0) is 12.8 Å². The topological polar surface area (TPSA) is 82.2 Å². The zero-order valence-electron chi connectivity index (χ0n) is 12.6. The molecular weight excluding hydrogens is 292 g/mol. The first-order chi connectivity index (χ1) is 9.37. The molecule has 1 saturated heterocycles.